The van der Waals surface area contributed by atoms with Crippen LogP contribution in [-0.2, 0) is 9.53 Å². The lowest BCUT2D eigenvalue weighted by molar-refractivity contribution is -0.117. The number of rotatable bonds is 6. The molecule has 6 nitrogen and oxygen atoms in total. The molecule has 4 rings (SSSR count). The molecule has 32 heavy (non-hydrogen) atoms. The first-order valence-electron chi connectivity index (χ1n) is 10.3. The minimum absolute atomic E-state index is 0.142. The summed E-state index contributed by atoms with van der Waals surface area (Å²) in [5.74, 6) is -0.603. The molecule has 2 heterocycles. The van der Waals surface area contributed by atoms with Gasteiger partial charge in [0.1, 0.15) is 10.6 Å². The van der Waals surface area contributed by atoms with Gasteiger partial charge in [0.05, 0.1) is 13.7 Å². The number of hydrogen-bond donors (Lipinski definition) is 1. The standard InChI is InChI=1S/C24H24ClN3O3S/c1-31-24(30)22-20(17-5-3-2-4-6-17)16-32-23(22)26-21(29)15-27-11-13-28(14-12-27)19-9-7-18(25)8-10-19/h2-10,16H,11-15H2,1H3,(H,26,29). The van der Waals surface area contributed by atoms with Gasteiger partial charge in [-0.25, -0.2) is 4.79 Å². The average molecular weight is 470 g/mol. The Morgan fingerprint density at radius 1 is 1.03 bits per heavy atom. The highest BCUT2D eigenvalue weighted by Gasteiger charge is 2.24. The molecule has 1 amide bonds. The molecule has 8 heteroatoms. The number of amides is 1. The molecule has 1 aliphatic rings. The summed E-state index contributed by atoms with van der Waals surface area (Å²) >= 11 is 7.31. The topological polar surface area (TPSA) is 61.9 Å². The fourth-order valence-electron chi connectivity index (χ4n) is 3.77. The van der Waals surface area contributed by atoms with E-state index in [1.165, 1.54) is 18.4 Å². The van der Waals surface area contributed by atoms with Crippen LogP contribution in [0.1, 0.15) is 10.4 Å². The first kappa shape index (κ1) is 22.3. The molecule has 0 spiro atoms. The summed E-state index contributed by atoms with van der Waals surface area (Å²) in [6.07, 6.45) is 0. The average Bonchev–Trinajstić information content (AvgIpc) is 3.23. The predicted octanol–water partition coefficient (Wildman–Crippen LogP) is 4.62. The Hall–Kier alpha value is -2.87. The van der Waals surface area contributed by atoms with Gasteiger partial charge in [-0.15, -0.1) is 11.3 Å². The molecule has 0 saturated carbocycles. The van der Waals surface area contributed by atoms with Gasteiger partial charge in [0.25, 0.3) is 0 Å². The molecule has 2 aromatic carbocycles. The maximum Gasteiger partial charge on any atom is 0.341 e. The minimum Gasteiger partial charge on any atom is -0.465 e. The first-order chi connectivity index (χ1) is 15.5. The maximum absolute atomic E-state index is 12.8. The number of halogens is 1. The minimum atomic E-state index is -0.461. The molecule has 1 aromatic heterocycles. The van der Waals surface area contributed by atoms with Crippen LogP contribution < -0.4 is 10.2 Å². The van der Waals surface area contributed by atoms with E-state index in [0.717, 1.165) is 48.0 Å². The molecule has 0 bridgehead atoms. The van der Waals surface area contributed by atoms with Crippen molar-refractivity contribution in [2.75, 3.05) is 50.1 Å². The molecular formula is C24H24ClN3O3S. The van der Waals surface area contributed by atoms with Gasteiger partial charge < -0.3 is 15.0 Å². The largest absolute Gasteiger partial charge is 0.465 e. The quantitative estimate of drug-likeness (QED) is 0.534. The Morgan fingerprint density at radius 3 is 2.38 bits per heavy atom. The summed E-state index contributed by atoms with van der Waals surface area (Å²) in [6.45, 7) is 3.49. The SMILES string of the molecule is COC(=O)c1c(-c2ccccc2)csc1NC(=O)CN1CCN(c2ccc(Cl)cc2)CC1. The van der Waals surface area contributed by atoms with Crippen LogP contribution in [0.2, 0.25) is 5.02 Å². The van der Waals surface area contributed by atoms with Gasteiger partial charge in [0, 0.05) is 47.8 Å². The van der Waals surface area contributed by atoms with Crippen LogP contribution in [0.5, 0.6) is 0 Å². The molecule has 0 unspecified atom stereocenters. The van der Waals surface area contributed by atoms with E-state index in [4.69, 9.17) is 16.3 Å². The molecule has 1 saturated heterocycles. The monoisotopic (exact) mass is 469 g/mol. The van der Waals surface area contributed by atoms with Gasteiger partial charge in [-0.3, -0.25) is 9.69 Å². The van der Waals surface area contributed by atoms with Crippen LogP contribution in [0.25, 0.3) is 11.1 Å². The number of carbonyl (C=O) groups is 2. The first-order valence-corrected chi connectivity index (χ1v) is 11.6. The van der Waals surface area contributed by atoms with E-state index in [1.807, 2.05) is 60.0 Å². The lowest BCUT2D eigenvalue weighted by atomic mass is 10.0. The number of nitrogens with zero attached hydrogens (tertiary/aromatic N) is 2. The number of nitrogens with one attached hydrogen (secondary N) is 1. The Kier molecular flexibility index (Phi) is 7.09. The van der Waals surface area contributed by atoms with Crippen molar-refractivity contribution in [1.29, 1.82) is 0 Å². The molecule has 1 fully saturated rings. The third-order valence-electron chi connectivity index (χ3n) is 5.45. The molecular weight excluding hydrogens is 446 g/mol. The van der Waals surface area contributed by atoms with E-state index in [2.05, 4.69) is 15.1 Å². The van der Waals surface area contributed by atoms with E-state index in [0.29, 0.717) is 10.6 Å². The summed E-state index contributed by atoms with van der Waals surface area (Å²) < 4.78 is 4.98. The molecule has 1 aliphatic heterocycles. The Labute approximate surface area is 196 Å². The van der Waals surface area contributed by atoms with Crippen molar-refractivity contribution in [1.82, 2.24) is 4.90 Å². The summed E-state index contributed by atoms with van der Waals surface area (Å²) in [5.41, 5.74) is 3.19. The third kappa shape index (κ3) is 5.12. The zero-order valence-electron chi connectivity index (χ0n) is 17.7. The van der Waals surface area contributed by atoms with Crippen LogP contribution in [0, 0.1) is 0 Å². The van der Waals surface area contributed by atoms with Crippen molar-refractivity contribution in [3.63, 3.8) is 0 Å². The molecule has 166 valence electrons. The number of anilines is 2. The number of methoxy groups -OCH3 is 1. The van der Waals surface area contributed by atoms with E-state index < -0.39 is 5.97 Å². The van der Waals surface area contributed by atoms with Crippen LogP contribution in [0.4, 0.5) is 10.7 Å². The molecule has 0 aliphatic carbocycles. The normalized spacial score (nSPS) is 14.2. The molecule has 1 N–H and O–H groups in total. The Bertz CT molecular complexity index is 1080. The summed E-state index contributed by atoms with van der Waals surface area (Å²) in [4.78, 5) is 29.6. The van der Waals surface area contributed by atoms with Gasteiger partial charge in [-0.05, 0) is 29.8 Å². The van der Waals surface area contributed by atoms with Crippen LogP contribution >= 0.6 is 22.9 Å². The predicted molar refractivity (Wildman–Crippen MR) is 130 cm³/mol. The number of piperazine rings is 1. The second-order valence-electron chi connectivity index (χ2n) is 7.50. The highest BCUT2D eigenvalue weighted by molar-refractivity contribution is 7.15. The van der Waals surface area contributed by atoms with E-state index in [-0.39, 0.29) is 12.5 Å². The second-order valence-corrected chi connectivity index (χ2v) is 8.81. The van der Waals surface area contributed by atoms with Crippen LogP contribution in [0.3, 0.4) is 0 Å². The fraction of sp³-hybridized carbons (Fsp3) is 0.250. The lowest BCUT2D eigenvalue weighted by Crippen LogP contribution is -2.48. The van der Waals surface area contributed by atoms with Gasteiger partial charge in [-0.2, -0.15) is 0 Å². The van der Waals surface area contributed by atoms with Gasteiger partial charge >= 0.3 is 5.97 Å². The smallest absolute Gasteiger partial charge is 0.341 e. The summed E-state index contributed by atoms with van der Waals surface area (Å²) in [7, 11) is 1.35. The van der Waals surface area contributed by atoms with Gasteiger partial charge in [-0.1, -0.05) is 41.9 Å². The summed E-state index contributed by atoms with van der Waals surface area (Å²) in [6, 6.07) is 17.4. The number of hydrogen-bond acceptors (Lipinski definition) is 6. The van der Waals surface area contributed by atoms with Crippen molar-refractivity contribution in [3.05, 3.63) is 70.6 Å². The highest BCUT2D eigenvalue weighted by Crippen LogP contribution is 2.36. The Balaban J connectivity index is 1.39. The zero-order chi connectivity index (χ0) is 22.5. The van der Waals surface area contributed by atoms with Gasteiger partial charge in [0.15, 0.2) is 0 Å². The van der Waals surface area contributed by atoms with Crippen molar-refractivity contribution in [3.8, 4) is 11.1 Å². The van der Waals surface area contributed by atoms with E-state index >= 15 is 0 Å². The number of esters is 1. The fourth-order valence-corrected chi connectivity index (χ4v) is 4.87. The maximum atomic E-state index is 12.8. The lowest BCUT2D eigenvalue weighted by Gasteiger charge is -2.35. The van der Waals surface area contributed by atoms with Crippen molar-refractivity contribution < 1.29 is 14.3 Å². The number of ether oxygens (including phenoxy) is 1. The third-order valence-corrected chi connectivity index (χ3v) is 6.60. The van der Waals surface area contributed by atoms with Crippen molar-refractivity contribution in [2.24, 2.45) is 0 Å². The number of carbonyl (C=O) groups excluding carboxylic acids is 2. The highest BCUT2D eigenvalue weighted by atomic mass is 35.5. The number of benzene rings is 2. The van der Waals surface area contributed by atoms with E-state index in [9.17, 15) is 9.59 Å². The molecule has 3 aromatic rings. The number of thiophene rings is 1. The van der Waals surface area contributed by atoms with Crippen LogP contribution in [-0.4, -0.2) is 56.6 Å². The van der Waals surface area contributed by atoms with Crippen molar-refractivity contribution >= 4 is 45.5 Å². The summed E-state index contributed by atoms with van der Waals surface area (Å²) in [5, 5.41) is 6.03. The molecule has 0 radical (unpaired) electrons. The molecule has 0 atom stereocenters. The van der Waals surface area contributed by atoms with Crippen molar-refractivity contribution in [2.45, 2.75) is 0 Å². The zero-order valence-corrected chi connectivity index (χ0v) is 19.3. The second kappa shape index (κ2) is 10.2. The van der Waals surface area contributed by atoms with Gasteiger partial charge in [0.2, 0.25) is 5.91 Å². The Morgan fingerprint density at radius 2 is 1.72 bits per heavy atom. The van der Waals surface area contributed by atoms with Crippen LogP contribution in [0.15, 0.2) is 60.0 Å². The van der Waals surface area contributed by atoms with E-state index in [1.54, 1.807) is 0 Å².